The second-order valence-electron chi connectivity index (χ2n) is 13.4. The number of hydrogen-bond donors (Lipinski definition) is 1. The molecule has 0 radical (unpaired) electrons. The molecular formula is C52H37Cl3N2O2. The van der Waals surface area contributed by atoms with Crippen LogP contribution < -0.4 is 10.2 Å². The molecular weight excluding hydrogens is 791 g/mol. The third-order valence-corrected chi connectivity index (χ3v) is 10.8. The number of benzene rings is 8. The smallest absolute Gasteiger partial charge is 0.134 e. The third-order valence-electron chi connectivity index (χ3n) is 9.58. The zero-order chi connectivity index (χ0) is 40.4. The normalized spacial score (nSPS) is 10.6. The van der Waals surface area contributed by atoms with Crippen LogP contribution in [0.3, 0.4) is 0 Å². The lowest BCUT2D eigenvalue weighted by atomic mass is 10.0. The van der Waals surface area contributed by atoms with Gasteiger partial charge < -0.3 is 19.1 Å². The minimum Gasteiger partial charge on any atom is -0.464 e. The number of para-hydroxylation sites is 6. The second kappa shape index (κ2) is 18.7. The van der Waals surface area contributed by atoms with E-state index >= 15 is 0 Å². The average Bonchev–Trinajstić information content (AvgIpc) is 3.92. The predicted molar refractivity (Wildman–Crippen MR) is 249 cm³/mol. The maximum atomic E-state index is 7.01. The maximum Gasteiger partial charge on any atom is 0.134 e. The van der Waals surface area contributed by atoms with Gasteiger partial charge in [-0.3, -0.25) is 0 Å². The Balaban J connectivity index is 0.000000136. The summed E-state index contributed by atoms with van der Waals surface area (Å²) >= 11 is 19.2. The second-order valence-corrected chi connectivity index (χ2v) is 14.6. The van der Waals surface area contributed by atoms with Crippen molar-refractivity contribution in [2.24, 2.45) is 0 Å². The van der Waals surface area contributed by atoms with Crippen LogP contribution in [0.15, 0.2) is 228 Å². The van der Waals surface area contributed by atoms with Crippen LogP contribution in [-0.4, -0.2) is 0 Å². The molecule has 0 amide bonds. The molecule has 0 aliphatic carbocycles. The molecule has 2 heterocycles. The number of hydrogen-bond acceptors (Lipinski definition) is 4. The van der Waals surface area contributed by atoms with Gasteiger partial charge in [0.25, 0.3) is 0 Å². The van der Waals surface area contributed by atoms with Crippen LogP contribution in [0.5, 0.6) is 0 Å². The zero-order valence-electron chi connectivity index (χ0n) is 31.7. The Morgan fingerprint density at radius 3 is 1.25 bits per heavy atom. The Morgan fingerprint density at radius 2 is 0.763 bits per heavy atom. The summed E-state index contributed by atoms with van der Waals surface area (Å²) in [6.07, 6.45) is 3.49. The molecule has 4 nitrogen and oxygen atoms in total. The van der Waals surface area contributed by atoms with E-state index in [0.29, 0.717) is 15.1 Å². The number of halogens is 3. The SMILES string of the molecule is Clc1c(-c2coc3ccccc23)cccc1N(c1ccccc1)c1ccccc1.Clc1cccc(-c2coc3ccccc23)c1Cl.c1ccc(Nc2ccccc2)cc1. The lowest BCUT2D eigenvalue weighted by Gasteiger charge is -2.27. The van der Waals surface area contributed by atoms with Gasteiger partial charge in [0.05, 0.1) is 33.3 Å². The van der Waals surface area contributed by atoms with Crippen molar-refractivity contribution in [3.8, 4) is 22.3 Å². The summed E-state index contributed by atoms with van der Waals surface area (Å²) in [5, 5.41) is 7.19. The highest BCUT2D eigenvalue weighted by Crippen LogP contribution is 2.44. The molecule has 2 aromatic heterocycles. The van der Waals surface area contributed by atoms with Gasteiger partial charge in [0, 0.05) is 55.8 Å². The fourth-order valence-electron chi connectivity index (χ4n) is 6.78. The summed E-state index contributed by atoms with van der Waals surface area (Å²) in [4.78, 5) is 2.17. The number of anilines is 5. The monoisotopic (exact) mass is 826 g/mol. The van der Waals surface area contributed by atoms with Crippen LogP contribution in [0.25, 0.3) is 44.2 Å². The van der Waals surface area contributed by atoms with Crippen LogP contribution in [0.1, 0.15) is 0 Å². The fourth-order valence-corrected chi connectivity index (χ4v) is 7.49. The van der Waals surface area contributed by atoms with E-state index in [1.165, 1.54) is 0 Å². The molecule has 0 atom stereocenters. The molecule has 8 aromatic carbocycles. The van der Waals surface area contributed by atoms with Crippen molar-refractivity contribution in [1.29, 1.82) is 0 Å². The minimum atomic E-state index is 0.550. The summed E-state index contributed by atoms with van der Waals surface area (Å²) in [5.74, 6) is 0. The highest BCUT2D eigenvalue weighted by Gasteiger charge is 2.19. The van der Waals surface area contributed by atoms with Crippen molar-refractivity contribution in [2.75, 3.05) is 10.2 Å². The molecule has 0 saturated carbocycles. The molecule has 7 heteroatoms. The van der Waals surface area contributed by atoms with Crippen LogP contribution >= 0.6 is 34.8 Å². The predicted octanol–water partition coefficient (Wildman–Crippen LogP) is 17.1. The van der Waals surface area contributed by atoms with Gasteiger partial charge in [0.2, 0.25) is 0 Å². The van der Waals surface area contributed by atoms with Crippen molar-refractivity contribution in [2.45, 2.75) is 0 Å². The van der Waals surface area contributed by atoms with Gasteiger partial charge in [-0.2, -0.15) is 0 Å². The Hall–Kier alpha value is -6.69. The Bertz CT molecular complexity index is 2820. The van der Waals surface area contributed by atoms with E-state index in [-0.39, 0.29) is 0 Å². The van der Waals surface area contributed by atoms with E-state index in [2.05, 4.69) is 40.5 Å². The van der Waals surface area contributed by atoms with Gasteiger partial charge in [0.15, 0.2) is 0 Å². The summed E-state index contributed by atoms with van der Waals surface area (Å²) < 4.78 is 11.3. The Morgan fingerprint density at radius 1 is 0.356 bits per heavy atom. The minimum absolute atomic E-state index is 0.550. The van der Waals surface area contributed by atoms with E-state index in [4.69, 9.17) is 43.6 Å². The molecule has 0 bridgehead atoms. The molecule has 0 aliphatic heterocycles. The van der Waals surface area contributed by atoms with E-state index in [9.17, 15) is 0 Å². The van der Waals surface area contributed by atoms with Crippen LogP contribution in [0.4, 0.5) is 28.4 Å². The van der Waals surface area contributed by atoms with Gasteiger partial charge in [-0.15, -0.1) is 0 Å². The molecule has 288 valence electrons. The fraction of sp³-hybridized carbons (Fsp3) is 0. The largest absolute Gasteiger partial charge is 0.464 e. The van der Waals surface area contributed by atoms with Crippen molar-refractivity contribution in [3.05, 3.63) is 234 Å². The number of nitrogens with one attached hydrogen (secondary N) is 1. The molecule has 10 aromatic rings. The summed E-state index contributed by atoms with van der Waals surface area (Å²) in [7, 11) is 0. The molecule has 59 heavy (non-hydrogen) atoms. The molecule has 0 spiro atoms. The lowest BCUT2D eigenvalue weighted by Crippen LogP contribution is -2.10. The first-order valence-electron chi connectivity index (χ1n) is 19.0. The van der Waals surface area contributed by atoms with Crippen molar-refractivity contribution >= 4 is 85.2 Å². The Labute approximate surface area is 358 Å². The van der Waals surface area contributed by atoms with Gasteiger partial charge in [-0.1, -0.05) is 168 Å². The van der Waals surface area contributed by atoms with E-state index in [1.807, 2.05) is 170 Å². The van der Waals surface area contributed by atoms with Gasteiger partial charge in [-0.05, 0) is 72.8 Å². The van der Waals surface area contributed by atoms with Gasteiger partial charge >= 0.3 is 0 Å². The molecule has 0 saturated heterocycles. The summed E-state index contributed by atoms with van der Waals surface area (Å²) in [5.41, 5.74) is 10.8. The molecule has 1 N–H and O–H groups in total. The standard InChI is InChI=1S/C26H18ClNO.C14H8Cl2O.C12H11N/c27-26-22(23-18-29-25-17-8-7-14-21(23)25)15-9-16-24(26)28(19-10-3-1-4-11-19)20-12-5-2-6-13-20;15-12-6-3-5-10(14(12)16)11-8-17-13-7-2-1-4-9(11)13;1-3-7-11(8-4-1)13-12-9-5-2-6-10-12/h1-18H;1-8H;1-10,13H. The van der Waals surface area contributed by atoms with Crippen LogP contribution in [0, 0.1) is 0 Å². The molecule has 10 rings (SSSR count). The Kier molecular flexibility index (Phi) is 12.4. The number of furan rings is 2. The van der Waals surface area contributed by atoms with E-state index in [0.717, 1.165) is 72.6 Å². The van der Waals surface area contributed by atoms with Crippen LogP contribution in [-0.2, 0) is 0 Å². The highest BCUT2D eigenvalue weighted by molar-refractivity contribution is 6.44. The first kappa shape index (κ1) is 39.2. The number of nitrogens with zero attached hydrogens (tertiary/aromatic N) is 1. The van der Waals surface area contributed by atoms with Crippen molar-refractivity contribution in [1.82, 2.24) is 0 Å². The lowest BCUT2D eigenvalue weighted by molar-refractivity contribution is 0.616. The number of fused-ring (bicyclic) bond motifs is 2. The maximum absolute atomic E-state index is 7.01. The molecule has 0 unspecified atom stereocenters. The quantitative estimate of drug-likeness (QED) is 0.174. The van der Waals surface area contributed by atoms with E-state index in [1.54, 1.807) is 18.6 Å². The highest BCUT2D eigenvalue weighted by atomic mass is 35.5. The first-order chi connectivity index (χ1) is 29.0. The van der Waals surface area contributed by atoms with Crippen LogP contribution in [0.2, 0.25) is 15.1 Å². The average molecular weight is 828 g/mol. The topological polar surface area (TPSA) is 41.6 Å². The molecule has 0 fully saturated rings. The first-order valence-corrected chi connectivity index (χ1v) is 20.1. The number of rotatable bonds is 7. The van der Waals surface area contributed by atoms with Gasteiger partial charge in [0.1, 0.15) is 11.2 Å². The molecule has 0 aliphatic rings. The summed E-state index contributed by atoms with van der Waals surface area (Å²) in [6, 6.07) is 68.4. The van der Waals surface area contributed by atoms with Crippen molar-refractivity contribution < 1.29 is 8.83 Å². The van der Waals surface area contributed by atoms with Crippen molar-refractivity contribution in [3.63, 3.8) is 0 Å². The van der Waals surface area contributed by atoms with Gasteiger partial charge in [-0.25, -0.2) is 0 Å². The summed E-state index contributed by atoms with van der Waals surface area (Å²) in [6.45, 7) is 0. The third kappa shape index (κ3) is 9.07. The zero-order valence-corrected chi connectivity index (χ0v) is 34.0. The van der Waals surface area contributed by atoms with E-state index < -0.39 is 0 Å².